The van der Waals surface area contributed by atoms with E-state index in [2.05, 4.69) is 11.9 Å². The van der Waals surface area contributed by atoms with E-state index in [1.54, 1.807) is 11.8 Å². The summed E-state index contributed by atoms with van der Waals surface area (Å²) in [5.41, 5.74) is 0.866. The molecule has 0 aliphatic heterocycles. The standard InChI is InChI=1S/C10H15NO2S2/c1-4-7(9(12)13)8-6(3)11-10(15-8)14-5-2/h7H,4-5H2,1-3H3,(H,12,13). The first-order valence-electron chi connectivity index (χ1n) is 4.93. The van der Waals surface area contributed by atoms with E-state index in [1.807, 2.05) is 13.8 Å². The minimum Gasteiger partial charge on any atom is -0.481 e. The summed E-state index contributed by atoms with van der Waals surface area (Å²) in [5, 5.41) is 9.06. The lowest BCUT2D eigenvalue weighted by atomic mass is 10.0. The van der Waals surface area contributed by atoms with Crippen LogP contribution in [0.25, 0.3) is 0 Å². The molecule has 84 valence electrons. The van der Waals surface area contributed by atoms with Crippen LogP contribution in [0.5, 0.6) is 0 Å². The molecule has 1 heterocycles. The van der Waals surface area contributed by atoms with Crippen LogP contribution < -0.4 is 0 Å². The predicted molar refractivity (Wildman–Crippen MR) is 63.9 cm³/mol. The molecule has 0 spiro atoms. The summed E-state index contributed by atoms with van der Waals surface area (Å²) in [6.07, 6.45) is 0.620. The number of aryl methyl sites for hydroxylation is 1. The monoisotopic (exact) mass is 245 g/mol. The normalized spacial score (nSPS) is 12.7. The molecule has 0 aliphatic rings. The molecule has 1 aromatic heterocycles. The van der Waals surface area contributed by atoms with Crippen LogP contribution in [-0.4, -0.2) is 21.8 Å². The Morgan fingerprint density at radius 3 is 2.73 bits per heavy atom. The third-order valence-corrected chi connectivity index (χ3v) is 4.40. The molecule has 0 radical (unpaired) electrons. The average Bonchev–Trinajstić information content (AvgIpc) is 2.49. The Hall–Kier alpha value is -0.550. The van der Waals surface area contributed by atoms with Crippen molar-refractivity contribution in [2.24, 2.45) is 0 Å². The van der Waals surface area contributed by atoms with Gasteiger partial charge in [0, 0.05) is 4.88 Å². The number of aromatic nitrogens is 1. The Bertz CT molecular complexity index is 349. The number of hydrogen-bond donors (Lipinski definition) is 1. The minimum atomic E-state index is -0.753. The fourth-order valence-corrected chi connectivity index (χ4v) is 3.64. The van der Waals surface area contributed by atoms with Crippen molar-refractivity contribution in [3.05, 3.63) is 10.6 Å². The molecule has 0 fully saturated rings. The Morgan fingerprint density at radius 1 is 1.60 bits per heavy atom. The maximum absolute atomic E-state index is 11.0. The molecule has 0 bridgehead atoms. The van der Waals surface area contributed by atoms with Gasteiger partial charge in [-0.1, -0.05) is 25.6 Å². The summed E-state index contributed by atoms with van der Waals surface area (Å²) in [6, 6.07) is 0. The minimum absolute atomic E-state index is 0.395. The van der Waals surface area contributed by atoms with Gasteiger partial charge in [0.1, 0.15) is 4.34 Å². The molecule has 1 rings (SSSR count). The number of thiazole rings is 1. The Kier molecular flexibility index (Phi) is 4.60. The molecule has 1 N–H and O–H groups in total. The van der Waals surface area contributed by atoms with Crippen LogP contribution in [0.2, 0.25) is 0 Å². The lowest BCUT2D eigenvalue weighted by Gasteiger charge is -2.06. The molecule has 0 aromatic carbocycles. The van der Waals surface area contributed by atoms with Gasteiger partial charge in [-0.2, -0.15) is 0 Å². The van der Waals surface area contributed by atoms with Gasteiger partial charge in [-0.3, -0.25) is 4.79 Å². The summed E-state index contributed by atoms with van der Waals surface area (Å²) in [6.45, 7) is 5.84. The molecule has 15 heavy (non-hydrogen) atoms. The van der Waals surface area contributed by atoms with Crippen molar-refractivity contribution in [3.63, 3.8) is 0 Å². The van der Waals surface area contributed by atoms with Crippen molar-refractivity contribution in [2.45, 2.75) is 37.4 Å². The number of nitrogens with zero attached hydrogens (tertiary/aromatic N) is 1. The van der Waals surface area contributed by atoms with Gasteiger partial charge in [-0.05, 0) is 19.1 Å². The van der Waals surface area contributed by atoms with Crippen LogP contribution >= 0.6 is 23.1 Å². The highest BCUT2D eigenvalue weighted by molar-refractivity contribution is 8.01. The summed E-state index contributed by atoms with van der Waals surface area (Å²) in [5.74, 6) is -0.179. The topological polar surface area (TPSA) is 50.2 Å². The van der Waals surface area contributed by atoms with Gasteiger partial charge in [0.05, 0.1) is 11.6 Å². The first kappa shape index (κ1) is 12.5. The van der Waals surface area contributed by atoms with Crippen LogP contribution in [0.15, 0.2) is 4.34 Å². The highest BCUT2D eigenvalue weighted by atomic mass is 32.2. The number of carbonyl (C=O) groups is 1. The zero-order chi connectivity index (χ0) is 11.4. The fourth-order valence-electron chi connectivity index (χ4n) is 1.36. The van der Waals surface area contributed by atoms with Crippen LogP contribution in [0.4, 0.5) is 0 Å². The molecule has 5 heteroatoms. The van der Waals surface area contributed by atoms with Crippen molar-refractivity contribution in [2.75, 3.05) is 5.75 Å². The van der Waals surface area contributed by atoms with Crippen molar-refractivity contribution in [1.29, 1.82) is 0 Å². The average molecular weight is 245 g/mol. The Labute approximate surface area is 97.9 Å². The summed E-state index contributed by atoms with van der Waals surface area (Å²) in [7, 11) is 0. The summed E-state index contributed by atoms with van der Waals surface area (Å²) in [4.78, 5) is 16.3. The van der Waals surface area contributed by atoms with E-state index in [0.29, 0.717) is 6.42 Å². The summed E-state index contributed by atoms with van der Waals surface area (Å²) < 4.78 is 0.977. The second-order valence-corrected chi connectivity index (χ2v) is 5.70. The zero-order valence-electron chi connectivity index (χ0n) is 9.11. The number of thioether (sulfide) groups is 1. The largest absolute Gasteiger partial charge is 0.481 e. The lowest BCUT2D eigenvalue weighted by Crippen LogP contribution is -2.09. The van der Waals surface area contributed by atoms with Crippen LogP contribution in [0, 0.1) is 6.92 Å². The van der Waals surface area contributed by atoms with Gasteiger partial charge in [0.2, 0.25) is 0 Å². The molecular formula is C10H15NO2S2. The second-order valence-electron chi connectivity index (χ2n) is 3.16. The first-order chi connectivity index (χ1) is 7.10. The predicted octanol–water partition coefficient (Wildman–Crippen LogP) is 3.14. The van der Waals surface area contributed by atoms with E-state index in [0.717, 1.165) is 20.7 Å². The van der Waals surface area contributed by atoms with Crippen molar-refractivity contribution in [1.82, 2.24) is 4.98 Å². The van der Waals surface area contributed by atoms with E-state index in [-0.39, 0.29) is 0 Å². The van der Waals surface area contributed by atoms with Gasteiger partial charge in [0.25, 0.3) is 0 Å². The smallest absolute Gasteiger partial charge is 0.311 e. The van der Waals surface area contributed by atoms with Gasteiger partial charge in [-0.15, -0.1) is 11.3 Å². The second kappa shape index (κ2) is 5.51. The molecular weight excluding hydrogens is 230 g/mol. The van der Waals surface area contributed by atoms with Gasteiger partial charge >= 0.3 is 5.97 Å². The van der Waals surface area contributed by atoms with Crippen molar-refractivity contribution in [3.8, 4) is 0 Å². The van der Waals surface area contributed by atoms with E-state index in [4.69, 9.17) is 5.11 Å². The zero-order valence-corrected chi connectivity index (χ0v) is 10.7. The number of carboxylic acid groups (broad SMARTS) is 1. The molecule has 1 atom stereocenters. The van der Waals surface area contributed by atoms with Crippen LogP contribution in [-0.2, 0) is 4.79 Å². The van der Waals surface area contributed by atoms with Crippen LogP contribution in [0.3, 0.4) is 0 Å². The Morgan fingerprint density at radius 2 is 2.27 bits per heavy atom. The Balaban J connectivity index is 2.96. The maximum Gasteiger partial charge on any atom is 0.311 e. The number of hydrogen-bond acceptors (Lipinski definition) is 4. The molecule has 0 amide bonds. The molecule has 0 aliphatic carbocycles. The molecule has 0 saturated carbocycles. The third-order valence-electron chi connectivity index (χ3n) is 2.10. The van der Waals surface area contributed by atoms with E-state index in [1.165, 1.54) is 11.3 Å². The van der Waals surface area contributed by atoms with Crippen molar-refractivity contribution >= 4 is 29.1 Å². The van der Waals surface area contributed by atoms with Crippen LogP contribution in [0.1, 0.15) is 36.8 Å². The molecule has 1 aromatic rings. The van der Waals surface area contributed by atoms with E-state index in [9.17, 15) is 4.79 Å². The number of carboxylic acids is 1. The first-order valence-corrected chi connectivity index (χ1v) is 6.73. The van der Waals surface area contributed by atoms with Crippen molar-refractivity contribution < 1.29 is 9.90 Å². The molecule has 1 unspecified atom stereocenters. The highest BCUT2D eigenvalue weighted by Gasteiger charge is 2.23. The highest BCUT2D eigenvalue weighted by Crippen LogP contribution is 2.33. The lowest BCUT2D eigenvalue weighted by molar-refractivity contribution is -0.138. The molecule has 0 saturated heterocycles. The maximum atomic E-state index is 11.0. The van der Waals surface area contributed by atoms with E-state index >= 15 is 0 Å². The molecule has 3 nitrogen and oxygen atoms in total. The summed E-state index contributed by atoms with van der Waals surface area (Å²) >= 11 is 3.18. The quantitative estimate of drug-likeness (QED) is 0.810. The number of aliphatic carboxylic acids is 1. The van der Waals surface area contributed by atoms with Gasteiger partial charge < -0.3 is 5.11 Å². The SMILES string of the molecule is CCSc1nc(C)c(C(CC)C(=O)O)s1. The van der Waals surface area contributed by atoms with Gasteiger partial charge in [0.15, 0.2) is 0 Å². The third kappa shape index (κ3) is 2.95. The van der Waals surface area contributed by atoms with E-state index < -0.39 is 11.9 Å². The number of rotatable bonds is 5. The fraction of sp³-hybridized carbons (Fsp3) is 0.600. The van der Waals surface area contributed by atoms with Gasteiger partial charge in [-0.25, -0.2) is 4.98 Å².